The number of benzene rings is 2. The summed E-state index contributed by atoms with van der Waals surface area (Å²) >= 11 is 6.13. The third-order valence-electron chi connectivity index (χ3n) is 5.03. The Kier molecular flexibility index (Phi) is 7.31. The van der Waals surface area contributed by atoms with Gasteiger partial charge in [0.05, 0.1) is 12.5 Å². The predicted molar refractivity (Wildman–Crippen MR) is 111 cm³/mol. The second-order valence-electron chi connectivity index (χ2n) is 7.15. The largest absolute Gasteiger partial charge is 0.351 e. The summed E-state index contributed by atoms with van der Waals surface area (Å²) in [6, 6.07) is 16.8. The van der Waals surface area contributed by atoms with Crippen LogP contribution in [0.15, 0.2) is 54.6 Å². The molecule has 2 atom stereocenters. The SMILES string of the molecule is O=C(Cc1ccccc1)NC1CCCCC1NC(=O)NCc1ccccc1Cl. The van der Waals surface area contributed by atoms with Crippen LogP contribution in [0.3, 0.4) is 0 Å². The molecule has 3 amide bonds. The molecule has 1 aliphatic carbocycles. The maximum atomic E-state index is 12.4. The number of rotatable bonds is 6. The first-order valence-electron chi connectivity index (χ1n) is 9.73. The molecule has 0 aromatic heterocycles. The van der Waals surface area contributed by atoms with Crippen molar-refractivity contribution in [2.75, 3.05) is 0 Å². The van der Waals surface area contributed by atoms with E-state index in [1.807, 2.05) is 48.5 Å². The molecular weight excluding hydrogens is 374 g/mol. The van der Waals surface area contributed by atoms with Crippen LogP contribution < -0.4 is 16.0 Å². The minimum absolute atomic E-state index is 0.0126. The fourth-order valence-corrected chi connectivity index (χ4v) is 3.75. The van der Waals surface area contributed by atoms with Gasteiger partial charge in [-0.25, -0.2) is 4.79 Å². The minimum Gasteiger partial charge on any atom is -0.351 e. The molecule has 0 radical (unpaired) electrons. The van der Waals surface area contributed by atoms with E-state index in [0.29, 0.717) is 18.0 Å². The van der Waals surface area contributed by atoms with Gasteiger partial charge in [0.2, 0.25) is 5.91 Å². The summed E-state index contributed by atoms with van der Waals surface area (Å²) in [6.07, 6.45) is 4.17. The second kappa shape index (κ2) is 10.1. The summed E-state index contributed by atoms with van der Waals surface area (Å²) < 4.78 is 0. The lowest BCUT2D eigenvalue weighted by Gasteiger charge is -2.32. The highest BCUT2D eigenvalue weighted by atomic mass is 35.5. The molecule has 2 aromatic rings. The number of carbonyl (C=O) groups excluding carboxylic acids is 2. The van der Waals surface area contributed by atoms with Crippen LogP contribution in [0.5, 0.6) is 0 Å². The van der Waals surface area contributed by atoms with Crippen molar-refractivity contribution in [2.45, 2.75) is 50.7 Å². The van der Waals surface area contributed by atoms with Gasteiger partial charge in [-0.15, -0.1) is 0 Å². The topological polar surface area (TPSA) is 70.2 Å². The monoisotopic (exact) mass is 399 g/mol. The summed E-state index contributed by atoms with van der Waals surface area (Å²) in [4.78, 5) is 24.7. The van der Waals surface area contributed by atoms with Crippen molar-refractivity contribution >= 4 is 23.5 Å². The highest BCUT2D eigenvalue weighted by Crippen LogP contribution is 2.19. The molecule has 1 saturated carbocycles. The molecule has 3 rings (SSSR count). The van der Waals surface area contributed by atoms with E-state index in [0.717, 1.165) is 36.8 Å². The molecule has 0 spiro atoms. The van der Waals surface area contributed by atoms with Crippen LogP contribution in [0.2, 0.25) is 5.02 Å². The molecule has 0 bridgehead atoms. The zero-order valence-electron chi connectivity index (χ0n) is 15.8. The maximum Gasteiger partial charge on any atom is 0.315 e. The van der Waals surface area contributed by atoms with E-state index < -0.39 is 0 Å². The van der Waals surface area contributed by atoms with E-state index in [-0.39, 0.29) is 24.0 Å². The number of hydrogen-bond acceptors (Lipinski definition) is 2. The van der Waals surface area contributed by atoms with Gasteiger partial charge in [-0.1, -0.05) is 73.0 Å². The molecule has 28 heavy (non-hydrogen) atoms. The summed E-state index contributed by atoms with van der Waals surface area (Å²) in [6.45, 7) is 0.364. The lowest BCUT2D eigenvalue weighted by Crippen LogP contribution is -2.55. The van der Waals surface area contributed by atoms with E-state index in [1.54, 1.807) is 6.07 Å². The summed E-state index contributed by atoms with van der Waals surface area (Å²) in [7, 11) is 0. The molecule has 0 heterocycles. The van der Waals surface area contributed by atoms with Crippen molar-refractivity contribution in [3.05, 3.63) is 70.7 Å². The number of urea groups is 1. The second-order valence-corrected chi connectivity index (χ2v) is 7.55. The molecule has 6 heteroatoms. The average Bonchev–Trinajstić information content (AvgIpc) is 2.69. The van der Waals surface area contributed by atoms with Crippen molar-refractivity contribution in [1.82, 2.24) is 16.0 Å². The Balaban J connectivity index is 1.50. The highest BCUT2D eigenvalue weighted by Gasteiger charge is 2.27. The molecular formula is C22H26ClN3O2. The Morgan fingerprint density at radius 1 is 0.893 bits per heavy atom. The Bertz CT molecular complexity index is 797. The van der Waals surface area contributed by atoms with Crippen molar-refractivity contribution in [2.24, 2.45) is 0 Å². The molecule has 0 saturated heterocycles. The van der Waals surface area contributed by atoms with E-state index in [1.165, 1.54) is 0 Å². The smallest absolute Gasteiger partial charge is 0.315 e. The van der Waals surface area contributed by atoms with Gasteiger partial charge >= 0.3 is 6.03 Å². The van der Waals surface area contributed by atoms with Gasteiger partial charge in [0.15, 0.2) is 0 Å². The van der Waals surface area contributed by atoms with Gasteiger partial charge in [-0.05, 0) is 30.0 Å². The van der Waals surface area contributed by atoms with Gasteiger partial charge in [-0.2, -0.15) is 0 Å². The number of hydrogen-bond donors (Lipinski definition) is 3. The van der Waals surface area contributed by atoms with Gasteiger partial charge in [0.1, 0.15) is 0 Å². The number of carbonyl (C=O) groups is 2. The molecule has 1 fully saturated rings. The molecule has 3 N–H and O–H groups in total. The highest BCUT2D eigenvalue weighted by molar-refractivity contribution is 6.31. The molecule has 2 aromatic carbocycles. The Hall–Kier alpha value is -2.53. The third kappa shape index (κ3) is 5.99. The van der Waals surface area contributed by atoms with Gasteiger partial charge in [0.25, 0.3) is 0 Å². The van der Waals surface area contributed by atoms with Crippen molar-refractivity contribution in [3.8, 4) is 0 Å². The Morgan fingerprint density at radius 2 is 1.54 bits per heavy atom. The quantitative estimate of drug-likeness (QED) is 0.691. The van der Waals surface area contributed by atoms with Gasteiger partial charge < -0.3 is 16.0 Å². The van der Waals surface area contributed by atoms with Crippen molar-refractivity contribution in [3.63, 3.8) is 0 Å². The summed E-state index contributed by atoms with van der Waals surface area (Å²) in [5.41, 5.74) is 1.86. The van der Waals surface area contributed by atoms with Crippen LogP contribution in [-0.4, -0.2) is 24.0 Å². The molecule has 2 unspecified atom stereocenters. The minimum atomic E-state index is -0.242. The first kappa shape index (κ1) is 20.2. The van der Waals surface area contributed by atoms with Crippen LogP contribution >= 0.6 is 11.6 Å². The first-order valence-corrected chi connectivity index (χ1v) is 10.1. The van der Waals surface area contributed by atoms with Gasteiger partial charge in [0, 0.05) is 17.6 Å². The summed E-state index contributed by atoms with van der Waals surface area (Å²) in [5.74, 6) is -0.0126. The van der Waals surface area contributed by atoms with E-state index in [9.17, 15) is 9.59 Å². The fourth-order valence-electron chi connectivity index (χ4n) is 3.55. The molecule has 5 nitrogen and oxygen atoms in total. The van der Waals surface area contributed by atoms with E-state index in [2.05, 4.69) is 16.0 Å². The standard InChI is InChI=1S/C22H26ClN3O2/c23-18-11-5-4-10-17(18)15-24-22(28)26-20-13-7-6-12-19(20)25-21(27)14-16-8-2-1-3-9-16/h1-5,8-11,19-20H,6-7,12-15H2,(H,25,27)(H2,24,26,28). The Labute approximate surface area is 170 Å². The van der Waals surface area contributed by atoms with E-state index >= 15 is 0 Å². The normalized spacial score (nSPS) is 18.9. The van der Waals surface area contributed by atoms with Crippen molar-refractivity contribution < 1.29 is 9.59 Å². The number of amides is 3. The predicted octanol–water partition coefficient (Wildman–Crippen LogP) is 3.81. The number of halogens is 1. The van der Waals surface area contributed by atoms with Crippen LogP contribution in [-0.2, 0) is 17.8 Å². The zero-order chi connectivity index (χ0) is 19.8. The maximum absolute atomic E-state index is 12.4. The number of nitrogens with one attached hydrogen (secondary N) is 3. The van der Waals surface area contributed by atoms with Crippen LogP contribution in [0, 0.1) is 0 Å². The third-order valence-corrected chi connectivity index (χ3v) is 5.40. The summed E-state index contributed by atoms with van der Waals surface area (Å²) in [5, 5.41) is 9.61. The lowest BCUT2D eigenvalue weighted by atomic mass is 9.90. The molecule has 0 aliphatic heterocycles. The van der Waals surface area contributed by atoms with E-state index in [4.69, 9.17) is 11.6 Å². The fraction of sp³-hybridized carbons (Fsp3) is 0.364. The average molecular weight is 400 g/mol. The van der Waals surface area contributed by atoms with Crippen LogP contribution in [0.25, 0.3) is 0 Å². The first-order chi connectivity index (χ1) is 13.6. The molecule has 1 aliphatic rings. The lowest BCUT2D eigenvalue weighted by molar-refractivity contribution is -0.121. The van der Waals surface area contributed by atoms with Crippen LogP contribution in [0.1, 0.15) is 36.8 Å². The van der Waals surface area contributed by atoms with Gasteiger partial charge in [-0.3, -0.25) is 4.79 Å². The zero-order valence-corrected chi connectivity index (χ0v) is 16.5. The molecule has 148 valence electrons. The van der Waals surface area contributed by atoms with Crippen molar-refractivity contribution in [1.29, 1.82) is 0 Å². The Morgan fingerprint density at radius 3 is 2.25 bits per heavy atom. The van der Waals surface area contributed by atoms with Crippen LogP contribution in [0.4, 0.5) is 4.79 Å².